The standard InChI is InChI=1S/C24H23NO3/c1-18(26)21-14-8-9-15-23(21)28-17-24(27)25-22(20-12-6-3-7-13-20)16-19-10-4-2-5-11-19/h2-15,22H,16-17H2,1H3,(H,25,27). The van der Waals surface area contributed by atoms with Crippen LogP contribution in [0, 0.1) is 0 Å². The van der Waals surface area contributed by atoms with E-state index in [0.717, 1.165) is 11.1 Å². The zero-order chi connectivity index (χ0) is 19.8. The number of nitrogens with one attached hydrogen (secondary N) is 1. The largest absolute Gasteiger partial charge is 0.483 e. The zero-order valence-corrected chi connectivity index (χ0v) is 15.8. The summed E-state index contributed by atoms with van der Waals surface area (Å²) in [6.45, 7) is 1.33. The summed E-state index contributed by atoms with van der Waals surface area (Å²) < 4.78 is 5.61. The molecule has 4 heteroatoms. The van der Waals surface area contributed by atoms with Gasteiger partial charge in [-0.25, -0.2) is 0 Å². The lowest BCUT2D eigenvalue weighted by Gasteiger charge is -2.20. The van der Waals surface area contributed by atoms with Gasteiger partial charge in [-0.05, 0) is 36.6 Å². The second-order valence-corrected chi connectivity index (χ2v) is 6.56. The molecule has 1 N–H and O–H groups in total. The van der Waals surface area contributed by atoms with Crippen molar-refractivity contribution in [1.82, 2.24) is 5.32 Å². The Kier molecular flexibility index (Phi) is 6.58. The van der Waals surface area contributed by atoms with Crippen LogP contribution in [0.4, 0.5) is 0 Å². The van der Waals surface area contributed by atoms with Crippen LogP contribution in [0.2, 0.25) is 0 Å². The Morgan fingerprint density at radius 1 is 0.857 bits per heavy atom. The Hall–Kier alpha value is -3.40. The van der Waals surface area contributed by atoms with Crippen LogP contribution >= 0.6 is 0 Å². The molecule has 0 spiro atoms. The van der Waals surface area contributed by atoms with Crippen molar-refractivity contribution < 1.29 is 14.3 Å². The minimum atomic E-state index is -0.233. The zero-order valence-electron chi connectivity index (χ0n) is 15.8. The Labute approximate surface area is 165 Å². The number of para-hydroxylation sites is 1. The molecule has 0 aliphatic heterocycles. The molecular weight excluding hydrogens is 350 g/mol. The van der Waals surface area contributed by atoms with Gasteiger partial charge in [0, 0.05) is 0 Å². The summed E-state index contributed by atoms with van der Waals surface area (Å²) in [5.74, 6) is 0.0925. The van der Waals surface area contributed by atoms with E-state index in [1.165, 1.54) is 6.92 Å². The second-order valence-electron chi connectivity index (χ2n) is 6.56. The minimum absolute atomic E-state index is 0.0951. The van der Waals surface area contributed by atoms with E-state index in [1.54, 1.807) is 24.3 Å². The van der Waals surface area contributed by atoms with Gasteiger partial charge < -0.3 is 10.1 Å². The van der Waals surface area contributed by atoms with Gasteiger partial charge >= 0.3 is 0 Å². The van der Waals surface area contributed by atoms with E-state index in [4.69, 9.17) is 4.74 Å². The number of ether oxygens (including phenoxy) is 1. The van der Waals surface area contributed by atoms with Gasteiger partial charge in [0.15, 0.2) is 12.4 Å². The molecule has 3 aromatic rings. The third-order valence-electron chi connectivity index (χ3n) is 4.44. The first-order chi connectivity index (χ1) is 13.6. The first-order valence-electron chi connectivity index (χ1n) is 9.24. The second kappa shape index (κ2) is 9.51. The fraction of sp³-hybridized carbons (Fsp3) is 0.167. The first-order valence-corrected chi connectivity index (χ1v) is 9.24. The molecule has 1 unspecified atom stereocenters. The maximum atomic E-state index is 12.6. The molecule has 3 aromatic carbocycles. The molecule has 3 rings (SSSR count). The highest BCUT2D eigenvalue weighted by Gasteiger charge is 2.16. The third-order valence-corrected chi connectivity index (χ3v) is 4.44. The van der Waals surface area contributed by atoms with Crippen molar-refractivity contribution in [3.05, 3.63) is 102 Å². The molecule has 1 amide bonds. The molecule has 28 heavy (non-hydrogen) atoms. The van der Waals surface area contributed by atoms with Gasteiger partial charge in [0.25, 0.3) is 5.91 Å². The Bertz CT molecular complexity index is 923. The maximum absolute atomic E-state index is 12.6. The summed E-state index contributed by atoms with van der Waals surface area (Å²) in [6, 6.07) is 26.7. The van der Waals surface area contributed by atoms with Crippen molar-refractivity contribution in [1.29, 1.82) is 0 Å². The SMILES string of the molecule is CC(=O)c1ccccc1OCC(=O)NC(Cc1ccccc1)c1ccccc1. The average molecular weight is 373 g/mol. The van der Waals surface area contributed by atoms with Crippen LogP contribution in [0.3, 0.4) is 0 Å². The number of amides is 1. The fourth-order valence-corrected chi connectivity index (χ4v) is 3.05. The van der Waals surface area contributed by atoms with Crippen LogP contribution in [0.15, 0.2) is 84.9 Å². The monoisotopic (exact) mass is 373 g/mol. The van der Waals surface area contributed by atoms with Gasteiger partial charge in [-0.3, -0.25) is 9.59 Å². The molecule has 0 heterocycles. The van der Waals surface area contributed by atoms with Crippen LogP contribution in [0.25, 0.3) is 0 Å². The van der Waals surface area contributed by atoms with E-state index in [0.29, 0.717) is 17.7 Å². The molecule has 0 saturated heterocycles. The van der Waals surface area contributed by atoms with Crippen molar-refractivity contribution in [3.8, 4) is 5.75 Å². The van der Waals surface area contributed by atoms with Crippen LogP contribution in [0.1, 0.15) is 34.5 Å². The first kappa shape index (κ1) is 19.4. The molecule has 0 aromatic heterocycles. The van der Waals surface area contributed by atoms with Crippen LogP contribution in [0.5, 0.6) is 5.75 Å². The van der Waals surface area contributed by atoms with E-state index < -0.39 is 0 Å². The van der Waals surface area contributed by atoms with E-state index in [2.05, 4.69) is 5.32 Å². The summed E-state index contributed by atoms with van der Waals surface area (Å²) in [5.41, 5.74) is 2.64. The fourth-order valence-electron chi connectivity index (χ4n) is 3.05. The van der Waals surface area contributed by atoms with Gasteiger partial charge in [0.2, 0.25) is 0 Å². The van der Waals surface area contributed by atoms with E-state index in [-0.39, 0.29) is 24.3 Å². The van der Waals surface area contributed by atoms with Crippen molar-refractivity contribution in [2.45, 2.75) is 19.4 Å². The summed E-state index contributed by atoms with van der Waals surface area (Å²) in [6.07, 6.45) is 0.681. The number of carbonyl (C=O) groups is 2. The predicted octanol–water partition coefficient (Wildman–Crippen LogP) is 4.37. The number of hydrogen-bond donors (Lipinski definition) is 1. The minimum Gasteiger partial charge on any atom is -0.483 e. The van der Waals surface area contributed by atoms with Gasteiger partial charge in [-0.1, -0.05) is 72.8 Å². The number of Topliss-reactive ketones (excluding diaryl/α,β-unsaturated/α-hetero) is 1. The summed E-state index contributed by atoms with van der Waals surface area (Å²) >= 11 is 0. The summed E-state index contributed by atoms with van der Waals surface area (Å²) in [7, 11) is 0. The van der Waals surface area contributed by atoms with Crippen LogP contribution in [-0.2, 0) is 11.2 Å². The summed E-state index contributed by atoms with van der Waals surface area (Å²) in [5, 5.41) is 3.05. The van der Waals surface area contributed by atoms with Crippen molar-refractivity contribution in [2.24, 2.45) is 0 Å². The van der Waals surface area contributed by atoms with Crippen LogP contribution in [-0.4, -0.2) is 18.3 Å². The molecular formula is C24H23NO3. The highest BCUT2D eigenvalue weighted by atomic mass is 16.5. The molecule has 0 radical (unpaired) electrons. The summed E-state index contributed by atoms with van der Waals surface area (Å²) in [4.78, 5) is 24.2. The number of ketones is 1. The molecule has 142 valence electrons. The number of benzene rings is 3. The molecule has 4 nitrogen and oxygen atoms in total. The topological polar surface area (TPSA) is 55.4 Å². The molecule has 0 bridgehead atoms. The normalized spacial score (nSPS) is 11.5. The van der Waals surface area contributed by atoms with Gasteiger partial charge in [-0.2, -0.15) is 0 Å². The third kappa shape index (κ3) is 5.30. The van der Waals surface area contributed by atoms with E-state index in [9.17, 15) is 9.59 Å². The number of rotatable bonds is 8. The number of hydrogen-bond acceptors (Lipinski definition) is 3. The van der Waals surface area contributed by atoms with Crippen molar-refractivity contribution in [3.63, 3.8) is 0 Å². The molecule has 1 atom stereocenters. The Morgan fingerprint density at radius 3 is 2.14 bits per heavy atom. The predicted molar refractivity (Wildman–Crippen MR) is 109 cm³/mol. The average Bonchev–Trinajstić information content (AvgIpc) is 2.73. The van der Waals surface area contributed by atoms with Crippen molar-refractivity contribution in [2.75, 3.05) is 6.61 Å². The molecule has 0 fully saturated rings. The number of carbonyl (C=O) groups excluding carboxylic acids is 2. The Balaban J connectivity index is 1.69. The molecule has 0 aliphatic carbocycles. The van der Waals surface area contributed by atoms with Crippen LogP contribution < -0.4 is 10.1 Å². The molecule has 0 saturated carbocycles. The lowest BCUT2D eigenvalue weighted by atomic mass is 9.99. The highest BCUT2D eigenvalue weighted by Crippen LogP contribution is 2.20. The Morgan fingerprint density at radius 2 is 1.46 bits per heavy atom. The lowest BCUT2D eigenvalue weighted by Crippen LogP contribution is -2.33. The lowest BCUT2D eigenvalue weighted by molar-refractivity contribution is -0.123. The van der Waals surface area contributed by atoms with E-state index in [1.807, 2.05) is 60.7 Å². The quantitative estimate of drug-likeness (QED) is 0.597. The van der Waals surface area contributed by atoms with E-state index >= 15 is 0 Å². The smallest absolute Gasteiger partial charge is 0.258 e. The maximum Gasteiger partial charge on any atom is 0.258 e. The van der Waals surface area contributed by atoms with Gasteiger partial charge in [-0.15, -0.1) is 0 Å². The van der Waals surface area contributed by atoms with Gasteiger partial charge in [0.05, 0.1) is 11.6 Å². The van der Waals surface area contributed by atoms with Crippen molar-refractivity contribution >= 4 is 11.7 Å². The van der Waals surface area contributed by atoms with Gasteiger partial charge in [0.1, 0.15) is 5.75 Å². The molecule has 0 aliphatic rings. The highest BCUT2D eigenvalue weighted by molar-refractivity contribution is 5.96.